The van der Waals surface area contributed by atoms with E-state index in [4.69, 9.17) is 0 Å². The Morgan fingerprint density at radius 1 is 0.969 bits per heavy atom. The highest BCUT2D eigenvalue weighted by atomic mass is 16.2. The number of imide groups is 1. The molecule has 2 aromatic heterocycles. The number of carbonyl (C=O) groups excluding carboxylic acids is 3. The molecule has 2 amide bonds. The molecule has 158 valence electrons. The molecule has 1 unspecified atom stereocenters. The minimum absolute atomic E-state index is 0.118. The molecule has 6 heteroatoms. The van der Waals surface area contributed by atoms with Crippen molar-refractivity contribution in [1.82, 2.24) is 14.9 Å². The van der Waals surface area contributed by atoms with Crippen molar-refractivity contribution >= 4 is 39.4 Å². The van der Waals surface area contributed by atoms with Gasteiger partial charge < -0.3 is 9.55 Å². The van der Waals surface area contributed by atoms with Gasteiger partial charge in [-0.05, 0) is 30.2 Å². The summed E-state index contributed by atoms with van der Waals surface area (Å²) in [7, 11) is 0. The van der Waals surface area contributed by atoms with Crippen molar-refractivity contribution in [3.05, 3.63) is 71.5 Å². The maximum Gasteiger partial charge on any atom is 0.235 e. The molecule has 1 saturated heterocycles. The van der Waals surface area contributed by atoms with Gasteiger partial charge in [0.05, 0.1) is 17.4 Å². The molecule has 4 aromatic rings. The summed E-state index contributed by atoms with van der Waals surface area (Å²) < 4.78 is 2.05. The molecular weight excluding hydrogens is 402 g/mol. The van der Waals surface area contributed by atoms with E-state index in [0.717, 1.165) is 32.9 Å². The van der Waals surface area contributed by atoms with Crippen LogP contribution in [0.5, 0.6) is 0 Å². The molecule has 32 heavy (non-hydrogen) atoms. The summed E-state index contributed by atoms with van der Waals surface area (Å²) in [5.74, 6) is 0.549. The fourth-order valence-electron chi connectivity index (χ4n) is 4.97. The fourth-order valence-corrected chi connectivity index (χ4v) is 4.97. The third-order valence-corrected chi connectivity index (χ3v) is 6.25. The quantitative estimate of drug-likeness (QED) is 0.379. The van der Waals surface area contributed by atoms with Gasteiger partial charge in [0.15, 0.2) is 5.78 Å². The lowest BCUT2D eigenvalue weighted by Gasteiger charge is -2.15. The van der Waals surface area contributed by atoms with Crippen molar-refractivity contribution in [2.75, 3.05) is 0 Å². The first-order valence-corrected chi connectivity index (χ1v) is 10.5. The number of terminal acetylenes is 1. The van der Waals surface area contributed by atoms with Crippen molar-refractivity contribution in [3.8, 4) is 12.3 Å². The fraction of sp³-hybridized carbons (Fsp3) is 0.192. The molecule has 6 rings (SSSR count). The van der Waals surface area contributed by atoms with Crippen molar-refractivity contribution in [2.45, 2.75) is 31.7 Å². The Morgan fingerprint density at radius 3 is 2.44 bits per heavy atom. The van der Waals surface area contributed by atoms with Crippen molar-refractivity contribution in [1.29, 1.82) is 0 Å². The summed E-state index contributed by atoms with van der Waals surface area (Å²) >= 11 is 0. The van der Waals surface area contributed by atoms with Crippen LogP contribution in [-0.4, -0.2) is 27.1 Å². The molecule has 2 N–H and O–H groups in total. The van der Waals surface area contributed by atoms with Gasteiger partial charge in [-0.15, -0.1) is 12.3 Å². The molecule has 2 aliphatic heterocycles. The zero-order valence-corrected chi connectivity index (χ0v) is 17.5. The number of H-pyrrole nitrogens is 1. The number of nitrogens with one attached hydrogen (secondary N) is 2. The van der Waals surface area contributed by atoms with E-state index in [1.807, 2.05) is 59.4 Å². The van der Waals surface area contributed by atoms with Gasteiger partial charge in [-0.25, -0.2) is 0 Å². The van der Waals surface area contributed by atoms with Gasteiger partial charge in [-0.2, -0.15) is 0 Å². The third kappa shape index (κ3) is 2.86. The third-order valence-electron chi connectivity index (χ3n) is 6.25. The number of benzene rings is 2. The minimum atomic E-state index is -0.631. The molecule has 2 aliphatic rings. The molecular formula is C26H21N3O3. The van der Waals surface area contributed by atoms with Crippen LogP contribution in [-0.2, 0) is 16.1 Å². The summed E-state index contributed by atoms with van der Waals surface area (Å²) in [6, 6.07) is 13.4. The number of fused-ring (bicyclic) bond motifs is 1. The molecule has 0 spiro atoms. The van der Waals surface area contributed by atoms with Crippen LogP contribution >= 0.6 is 0 Å². The first-order chi connectivity index (χ1) is 15.5. The highest BCUT2D eigenvalue weighted by Gasteiger charge is 2.46. The van der Waals surface area contributed by atoms with Gasteiger partial charge >= 0.3 is 0 Å². The summed E-state index contributed by atoms with van der Waals surface area (Å²) in [5, 5.41) is 4.34. The van der Waals surface area contributed by atoms with Crippen LogP contribution in [0.1, 0.15) is 46.7 Å². The first kappa shape index (κ1) is 19.8. The van der Waals surface area contributed by atoms with Gasteiger partial charge in [-0.1, -0.05) is 30.3 Å². The summed E-state index contributed by atoms with van der Waals surface area (Å²) in [4.78, 5) is 41.3. The van der Waals surface area contributed by atoms with E-state index >= 15 is 0 Å². The lowest BCUT2D eigenvalue weighted by molar-refractivity contribution is -0.125. The van der Waals surface area contributed by atoms with Crippen LogP contribution < -0.4 is 5.32 Å². The van der Waals surface area contributed by atoms with E-state index in [-0.39, 0.29) is 17.6 Å². The Labute approximate surface area is 184 Å². The monoisotopic (exact) mass is 423 g/mol. The van der Waals surface area contributed by atoms with Gasteiger partial charge in [0.1, 0.15) is 0 Å². The van der Waals surface area contributed by atoms with E-state index in [1.165, 1.54) is 0 Å². The lowest BCUT2D eigenvalue weighted by Crippen LogP contribution is -2.21. The second-order valence-corrected chi connectivity index (χ2v) is 8.04. The number of para-hydroxylation sites is 2. The molecule has 0 saturated carbocycles. The molecule has 0 aliphatic carbocycles. The molecule has 1 fully saturated rings. The number of aromatic amines is 1. The van der Waals surface area contributed by atoms with Crippen LogP contribution in [0.3, 0.4) is 0 Å². The Balaban J connectivity index is 0.000000684. The average molecular weight is 423 g/mol. The van der Waals surface area contributed by atoms with Crippen molar-refractivity contribution < 1.29 is 14.4 Å². The maximum absolute atomic E-state index is 12.9. The highest BCUT2D eigenvalue weighted by Crippen LogP contribution is 2.44. The summed E-state index contributed by atoms with van der Waals surface area (Å²) in [6.07, 6.45) is 8.82. The minimum Gasteiger partial charge on any atom is -0.361 e. The van der Waals surface area contributed by atoms with Gasteiger partial charge in [0.2, 0.25) is 11.8 Å². The zero-order valence-electron chi connectivity index (χ0n) is 17.5. The van der Waals surface area contributed by atoms with Crippen LogP contribution in [0.4, 0.5) is 0 Å². The molecule has 6 nitrogen and oxygen atoms in total. The number of nitrogens with zero attached hydrogens (tertiary/aromatic N) is 1. The molecule has 2 aromatic carbocycles. The Hall–Kier alpha value is -4.11. The van der Waals surface area contributed by atoms with E-state index in [2.05, 4.69) is 22.6 Å². The number of ketones is 1. The van der Waals surface area contributed by atoms with Crippen LogP contribution in [0, 0.1) is 12.3 Å². The van der Waals surface area contributed by atoms with E-state index in [1.54, 1.807) is 6.92 Å². The standard InChI is InChI=1S/C23H17N3O3.C3H4/c27-18-8-9-26-11-16(13-5-3-6-14(18)21(13)26)20-19(22(28)25-23(20)29)15-10-24-17-7-2-1-4-12(15)17;1-3-2/h1-7,10-11,19-20,24H,8-9H2,(H,25,28,29);1H,2H3/t19-,20?;/m0./s1. The number of hydrogen-bond acceptors (Lipinski definition) is 3. The second-order valence-electron chi connectivity index (χ2n) is 8.04. The number of rotatable bonds is 2. The van der Waals surface area contributed by atoms with Crippen LogP contribution in [0.25, 0.3) is 21.8 Å². The lowest BCUT2D eigenvalue weighted by atomic mass is 9.83. The zero-order chi connectivity index (χ0) is 22.4. The molecule has 0 bridgehead atoms. The van der Waals surface area contributed by atoms with E-state index in [9.17, 15) is 14.4 Å². The summed E-state index contributed by atoms with van der Waals surface area (Å²) in [5.41, 5.74) is 4.10. The Bertz CT molecular complexity index is 1450. The van der Waals surface area contributed by atoms with Gasteiger partial charge in [0, 0.05) is 47.2 Å². The van der Waals surface area contributed by atoms with Crippen molar-refractivity contribution in [3.63, 3.8) is 0 Å². The Morgan fingerprint density at radius 2 is 1.66 bits per heavy atom. The topological polar surface area (TPSA) is 84.0 Å². The van der Waals surface area contributed by atoms with Gasteiger partial charge in [0.25, 0.3) is 0 Å². The Kier molecular flexibility index (Phi) is 4.67. The molecule has 0 radical (unpaired) electrons. The number of Topliss-reactive ketones (excluding diaryl/α,β-unsaturated/α-hetero) is 1. The normalized spacial score (nSPS) is 19.6. The average Bonchev–Trinajstić information content (AvgIpc) is 3.45. The SMILES string of the molecule is C#CC.O=C1CCn2cc(C3C(=O)NC(=O)[C@H]3c3c[nH]c4ccccc34)c3cccc1c32. The van der Waals surface area contributed by atoms with Gasteiger partial charge in [-0.3, -0.25) is 19.7 Å². The smallest absolute Gasteiger partial charge is 0.235 e. The van der Waals surface area contributed by atoms with Crippen LogP contribution in [0.15, 0.2) is 54.9 Å². The highest BCUT2D eigenvalue weighted by molar-refractivity contribution is 6.15. The number of aryl methyl sites for hydroxylation is 1. The molecule has 4 heterocycles. The first-order valence-electron chi connectivity index (χ1n) is 10.5. The predicted octanol–water partition coefficient (Wildman–Crippen LogP) is 3.87. The molecule has 2 atom stereocenters. The number of carbonyl (C=O) groups is 3. The van der Waals surface area contributed by atoms with E-state index in [0.29, 0.717) is 18.5 Å². The maximum atomic E-state index is 12.9. The number of amides is 2. The second kappa shape index (κ2) is 7.54. The largest absolute Gasteiger partial charge is 0.361 e. The number of aromatic nitrogens is 2. The predicted molar refractivity (Wildman–Crippen MR) is 122 cm³/mol. The number of hydrogen-bond donors (Lipinski definition) is 2. The summed E-state index contributed by atoms with van der Waals surface area (Å²) in [6.45, 7) is 2.24. The van der Waals surface area contributed by atoms with E-state index < -0.39 is 11.8 Å². The van der Waals surface area contributed by atoms with Crippen LogP contribution in [0.2, 0.25) is 0 Å². The van der Waals surface area contributed by atoms with Crippen molar-refractivity contribution in [2.24, 2.45) is 0 Å².